The van der Waals surface area contributed by atoms with Gasteiger partial charge >= 0.3 is 46.1 Å². The number of nitrogens with zero attached hydrogens (tertiary/aromatic N) is 2. The van der Waals surface area contributed by atoms with Gasteiger partial charge < -0.3 is 48.6 Å². The van der Waals surface area contributed by atoms with E-state index >= 15 is 0 Å². The minimum Gasteiger partial charge on any atom is -0.872 e. The van der Waals surface area contributed by atoms with Crippen LogP contribution in [-0.2, 0) is 47.8 Å². The zero-order valence-corrected chi connectivity index (χ0v) is 79.0. The van der Waals surface area contributed by atoms with Gasteiger partial charge in [0.25, 0.3) is 0 Å². The van der Waals surface area contributed by atoms with E-state index in [-0.39, 0.29) is 68.4 Å². The summed E-state index contributed by atoms with van der Waals surface area (Å²) in [5.41, 5.74) is 11.8. The summed E-state index contributed by atoms with van der Waals surface area (Å²) in [5.74, 6) is 2.21. The Bertz CT molecular complexity index is 3550. The Hall–Kier alpha value is -4.88. The number of benzene rings is 8. The fraction of sp³-hybridized carbons (Fsp3) is 0.473. The third-order valence-electron chi connectivity index (χ3n) is 19.5. The zero-order chi connectivity index (χ0) is 78.8. The van der Waals surface area contributed by atoms with Gasteiger partial charge in [-0.05, 0) is 92.0 Å². The van der Waals surface area contributed by atoms with Gasteiger partial charge in [-0.3, -0.25) is 0 Å². The van der Waals surface area contributed by atoms with Gasteiger partial charge in [0.1, 0.15) is 63.9 Å². The van der Waals surface area contributed by atoms with Crippen LogP contribution in [0.5, 0.6) is 23.0 Å². The number of likely N-dealkylation sites (N-methyl/N-ethyl adjacent to an activating group) is 4. The first-order chi connectivity index (χ1) is 48.9. The largest absolute Gasteiger partial charge is 2.00 e. The van der Waals surface area contributed by atoms with Crippen molar-refractivity contribution in [2.24, 2.45) is 0 Å². The number of hydrogen-bond donors (Lipinski definition) is 4. The van der Waals surface area contributed by atoms with Crippen molar-refractivity contribution >= 4 is 79.0 Å². The quantitative estimate of drug-likeness (QED) is 0.0336. The molecule has 4 atom stereocenters. The van der Waals surface area contributed by atoms with Gasteiger partial charge in [-0.15, -0.1) is 0 Å². The van der Waals surface area contributed by atoms with Gasteiger partial charge in [0, 0.05) is 32.8 Å². The summed E-state index contributed by atoms with van der Waals surface area (Å²) in [5, 5.41) is 28.3. The molecule has 16 heteroatoms. The van der Waals surface area contributed by atoms with Gasteiger partial charge in [0.15, 0.2) is 0 Å². The third-order valence-corrected chi connectivity index (χ3v) is 30.2. The average molecular weight is 1550 g/mol. The molecule has 8 aromatic carbocycles. The molecule has 8 aromatic rings. The number of para-hydroxylation sites is 2. The Balaban J connectivity index is 0.000000553. The SMILES string of the molecule is CCCCC.COc1ccccc1C[NH+](C)CC[NH+](C)Cc1cc(C(C)(C)c2ccccc2)cc(C(C)(C)c2ccccc2)c1[O-].COc1ccccc1C[NH+](C)CC[NH+](C)Cc1cc(C(C)(C)c2ccccc2)cc(C(C)(C)c2ccccc2)c1[O-].C[Si](C)(C)[N-][Si](C)(C)C.C[Si](C)(C)[N-][Si](C)(C)C.[Mg+2].[Mg+2]. The Morgan fingerprint density at radius 2 is 0.542 bits per heavy atom. The van der Waals surface area contributed by atoms with Crippen molar-refractivity contribution in [1.82, 2.24) is 0 Å². The second kappa shape index (κ2) is 45.0. The molecule has 0 aromatic heterocycles. The van der Waals surface area contributed by atoms with Gasteiger partial charge in [-0.1, -0.05) is 369 Å². The standard InChI is InChI=1S/2C37H46N2O2.2C6H18NSi2.C5H12.2Mg/c2*1-36(2,30-17-10-8-11-18-30)32-24-29(35(40)33(25-32)37(3,4)31-19-12-9-13-20-31)27-39(6)23-22-38(5)26-28-16-14-15-21-34(28)41-7;2*1-8(2,3)7-9(4,5)6;1-3-5-4-2;;/h2*8-21,24-25,40H,22-23,26-27H2,1-7H3;2*1-6H3;3-5H2,1-2H3;;/q;;2*-1;;2*+2/p+2. The molecular formula is C91H142Mg2N6O4Si4+4. The van der Waals surface area contributed by atoms with Crippen LogP contribution < -0.4 is 39.3 Å². The number of methoxy groups -OCH3 is 2. The van der Waals surface area contributed by atoms with Crippen molar-refractivity contribution < 1.29 is 39.3 Å². The molecule has 0 bridgehead atoms. The fourth-order valence-electron chi connectivity index (χ4n) is 13.9. The van der Waals surface area contributed by atoms with E-state index in [9.17, 15) is 10.2 Å². The summed E-state index contributed by atoms with van der Waals surface area (Å²) in [6.45, 7) is 56.8. The summed E-state index contributed by atoms with van der Waals surface area (Å²) >= 11 is 0. The molecule has 10 nitrogen and oxygen atoms in total. The molecule has 0 saturated carbocycles. The third kappa shape index (κ3) is 33.1. The maximum atomic E-state index is 14.2. The first-order valence-corrected chi connectivity index (χ1v) is 52.6. The van der Waals surface area contributed by atoms with Crippen molar-refractivity contribution in [2.45, 2.75) is 215 Å². The van der Waals surface area contributed by atoms with Crippen LogP contribution in [0.15, 0.2) is 194 Å². The molecule has 0 amide bonds. The van der Waals surface area contributed by atoms with Crippen LogP contribution >= 0.6 is 0 Å². The van der Waals surface area contributed by atoms with E-state index in [1.54, 1.807) is 14.2 Å². The second-order valence-corrected chi connectivity index (χ2v) is 54.6. The fourth-order valence-corrected chi connectivity index (χ4v) is 30.0. The van der Waals surface area contributed by atoms with Gasteiger partial charge in [-0.25, -0.2) is 0 Å². The number of rotatable bonds is 30. The first-order valence-electron chi connectivity index (χ1n) is 38.8. The van der Waals surface area contributed by atoms with Gasteiger partial charge in [-0.2, -0.15) is 0 Å². The molecule has 0 fully saturated rings. The van der Waals surface area contributed by atoms with E-state index in [0.717, 1.165) is 84.1 Å². The van der Waals surface area contributed by atoms with Crippen LogP contribution in [0.25, 0.3) is 9.30 Å². The molecule has 0 radical (unpaired) electrons. The molecule has 4 unspecified atom stereocenters. The molecule has 0 spiro atoms. The van der Waals surface area contributed by atoms with E-state index in [1.807, 2.05) is 36.4 Å². The number of unbranched alkanes of at least 4 members (excludes halogenated alkanes) is 2. The number of hydrogen-bond acceptors (Lipinski definition) is 4. The van der Waals surface area contributed by atoms with Gasteiger partial charge in [0.05, 0.1) is 42.4 Å². The Morgan fingerprint density at radius 1 is 0.318 bits per heavy atom. The van der Waals surface area contributed by atoms with Crippen LogP contribution in [0, 0.1) is 0 Å². The molecule has 0 aliphatic rings. The van der Waals surface area contributed by atoms with Crippen LogP contribution in [0.3, 0.4) is 0 Å². The predicted octanol–water partition coefficient (Wildman–Crippen LogP) is 15.8. The molecule has 4 N–H and O–H groups in total. The Morgan fingerprint density at radius 3 is 0.757 bits per heavy atom. The van der Waals surface area contributed by atoms with E-state index in [1.165, 1.54) is 72.2 Å². The summed E-state index contributed by atoms with van der Waals surface area (Å²) in [6.07, 6.45) is 4.08. The van der Waals surface area contributed by atoms with E-state index < -0.39 is 43.8 Å². The van der Waals surface area contributed by atoms with Crippen molar-refractivity contribution in [3.05, 3.63) is 270 Å². The first kappa shape index (κ1) is 98.2. The van der Waals surface area contributed by atoms with Crippen molar-refractivity contribution in [2.75, 3.05) is 68.6 Å². The van der Waals surface area contributed by atoms with E-state index in [4.69, 9.17) is 18.8 Å². The zero-order valence-electron chi connectivity index (χ0n) is 72.2. The summed E-state index contributed by atoms with van der Waals surface area (Å²) < 4.78 is 20.7. The van der Waals surface area contributed by atoms with Crippen molar-refractivity contribution in [3.8, 4) is 23.0 Å². The smallest absolute Gasteiger partial charge is 0.872 e. The minimum absolute atomic E-state index is 0. The van der Waals surface area contributed by atoms with Crippen LogP contribution in [-0.4, -0.2) is 148 Å². The number of quaternary nitrogens is 4. The molecule has 0 saturated heterocycles. The molecule has 576 valence electrons. The molecule has 0 heterocycles. The van der Waals surface area contributed by atoms with Crippen LogP contribution in [0.1, 0.15) is 155 Å². The number of nitrogens with one attached hydrogen (secondary N) is 4. The molecule has 0 aliphatic carbocycles. The average Bonchev–Trinajstić information content (AvgIpc) is 0.763. The topological polar surface area (TPSA) is 111 Å². The molecule has 0 aliphatic heterocycles. The van der Waals surface area contributed by atoms with E-state index in [0.29, 0.717) is 13.1 Å². The minimum atomic E-state index is -1.11. The normalized spacial score (nSPS) is 13.1. The van der Waals surface area contributed by atoms with Crippen LogP contribution in [0.2, 0.25) is 78.6 Å². The monoisotopic (exact) mass is 1540 g/mol. The van der Waals surface area contributed by atoms with E-state index in [2.05, 4.69) is 334 Å². The molecule has 107 heavy (non-hydrogen) atoms. The molecular weight excluding hydrogens is 1400 g/mol. The summed E-state index contributed by atoms with van der Waals surface area (Å²) in [4.78, 5) is 5.50. The van der Waals surface area contributed by atoms with Crippen LogP contribution in [0.4, 0.5) is 0 Å². The maximum absolute atomic E-state index is 14.2. The van der Waals surface area contributed by atoms with Crippen molar-refractivity contribution in [1.29, 1.82) is 0 Å². The van der Waals surface area contributed by atoms with Crippen molar-refractivity contribution in [3.63, 3.8) is 0 Å². The summed E-state index contributed by atoms with van der Waals surface area (Å²) in [6, 6.07) is 67.2. The Kier molecular flexibility index (Phi) is 41.3. The second-order valence-electron chi connectivity index (χ2n) is 35.4. The summed E-state index contributed by atoms with van der Waals surface area (Å²) in [7, 11) is 7.89. The Labute approximate surface area is 689 Å². The maximum Gasteiger partial charge on any atom is 2.00 e. The predicted molar refractivity (Wildman–Crippen MR) is 471 cm³/mol. The molecule has 8 rings (SSSR count). The van der Waals surface area contributed by atoms with Gasteiger partial charge in [0.2, 0.25) is 0 Å². The number of ether oxygens (including phenoxy) is 2.